The van der Waals surface area contributed by atoms with Crippen molar-refractivity contribution in [2.24, 2.45) is 5.92 Å². The lowest BCUT2D eigenvalue weighted by atomic mass is 10.1. The fourth-order valence-electron chi connectivity index (χ4n) is 2.65. The Balaban J connectivity index is 1.92. The van der Waals surface area contributed by atoms with Gasteiger partial charge in [0.25, 0.3) is 0 Å². The van der Waals surface area contributed by atoms with E-state index < -0.39 is 0 Å². The molecule has 1 aliphatic carbocycles. The average Bonchev–Trinajstić information content (AvgIpc) is 2.89. The lowest BCUT2D eigenvalue weighted by Crippen LogP contribution is -2.26. The highest BCUT2D eigenvalue weighted by molar-refractivity contribution is 5.35. The van der Waals surface area contributed by atoms with Crippen molar-refractivity contribution in [3.63, 3.8) is 0 Å². The highest BCUT2D eigenvalue weighted by Crippen LogP contribution is 2.26. The van der Waals surface area contributed by atoms with Gasteiger partial charge in [0.1, 0.15) is 5.82 Å². The molecule has 0 atom stereocenters. The summed E-state index contributed by atoms with van der Waals surface area (Å²) in [5, 5.41) is 3.38. The first kappa shape index (κ1) is 14.3. The standard InChI is InChI=1S/C15H26N4/c1-12(2)17-9-14-8-16-10-15(18-14)19(3)11-13-6-4-5-7-13/h8,10,12-13,17H,4-7,9,11H2,1-3H3. The van der Waals surface area contributed by atoms with E-state index in [4.69, 9.17) is 0 Å². The monoisotopic (exact) mass is 262 g/mol. The largest absolute Gasteiger partial charge is 0.358 e. The van der Waals surface area contributed by atoms with E-state index in [1.54, 1.807) is 0 Å². The summed E-state index contributed by atoms with van der Waals surface area (Å²) < 4.78 is 0. The molecule has 0 aliphatic heterocycles. The number of rotatable bonds is 6. The Hall–Kier alpha value is -1.16. The van der Waals surface area contributed by atoms with Crippen LogP contribution in [0.15, 0.2) is 12.4 Å². The van der Waals surface area contributed by atoms with Gasteiger partial charge < -0.3 is 10.2 Å². The molecule has 0 saturated heterocycles. The van der Waals surface area contributed by atoms with E-state index in [2.05, 4.69) is 41.1 Å². The number of anilines is 1. The third kappa shape index (κ3) is 4.46. The third-order valence-electron chi connectivity index (χ3n) is 3.76. The number of aromatic nitrogens is 2. The van der Waals surface area contributed by atoms with Crippen molar-refractivity contribution >= 4 is 5.82 Å². The van der Waals surface area contributed by atoms with Crippen LogP contribution in [0.25, 0.3) is 0 Å². The fraction of sp³-hybridized carbons (Fsp3) is 0.733. The number of hydrogen-bond acceptors (Lipinski definition) is 4. The van der Waals surface area contributed by atoms with Crippen molar-refractivity contribution < 1.29 is 0 Å². The molecule has 1 heterocycles. The smallest absolute Gasteiger partial charge is 0.147 e. The van der Waals surface area contributed by atoms with Crippen molar-refractivity contribution in [1.82, 2.24) is 15.3 Å². The van der Waals surface area contributed by atoms with Crippen LogP contribution in [0.4, 0.5) is 5.82 Å². The predicted octanol–water partition coefficient (Wildman–Crippen LogP) is 2.60. The van der Waals surface area contributed by atoms with Gasteiger partial charge in [-0.05, 0) is 18.8 Å². The zero-order valence-electron chi connectivity index (χ0n) is 12.4. The first-order valence-corrected chi connectivity index (χ1v) is 7.40. The molecule has 1 aromatic heterocycles. The van der Waals surface area contributed by atoms with Crippen molar-refractivity contribution in [1.29, 1.82) is 0 Å². The minimum absolute atomic E-state index is 0.474. The zero-order valence-corrected chi connectivity index (χ0v) is 12.4. The lowest BCUT2D eigenvalue weighted by Gasteiger charge is -2.22. The fourth-order valence-corrected chi connectivity index (χ4v) is 2.65. The van der Waals surface area contributed by atoms with Gasteiger partial charge in [0.15, 0.2) is 0 Å². The molecular weight excluding hydrogens is 236 g/mol. The maximum atomic E-state index is 4.69. The van der Waals surface area contributed by atoms with Crippen molar-refractivity contribution in [3.8, 4) is 0 Å². The summed E-state index contributed by atoms with van der Waals surface area (Å²) in [7, 11) is 2.13. The predicted molar refractivity (Wildman–Crippen MR) is 79.2 cm³/mol. The van der Waals surface area contributed by atoms with Gasteiger partial charge in [-0.15, -0.1) is 0 Å². The summed E-state index contributed by atoms with van der Waals surface area (Å²) in [5.41, 5.74) is 1.02. The molecule has 1 N–H and O–H groups in total. The van der Waals surface area contributed by atoms with Crippen LogP contribution >= 0.6 is 0 Å². The van der Waals surface area contributed by atoms with Crippen LogP contribution in [0.2, 0.25) is 0 Å². The Labute approximate surface area is 116 Å². The van der Waals surface area contributed by atoms with E-state index in [0.717, 1.165) is 30.5 Å². The quantitative estimate of drug-likeness (QED) is 0.855. The third-order valence-corrected chi connectivity index (χ3v) is 3.76. The van der Waals surface area contributed by atoms with Gasteiger partial charge in [-0.2, -0.15) is 0 Å². The topological polar surface area (TPSA) is 41.1 Å². The Bertz CT molecular complexity index is 385. The first-order valence-electron chi connectivity index (χ1n) is 7.40. The van der Waals surface area contributed by atoms with Crippen LogP contribution in [0.3, 0.4) is 0 Å². The second kappa shape index (κ2) is 6.85. The molecule has 0 aromatic carbocycles. The summed E-state index contributed by atoms with van der Waals surface area (Å²) in [6.45, 7) is 6.18. The lowest BCUT2D eigenvalue weighted by molar-refractivity contribution is 0.543. The molecule has 0 amide bonds. The summed E-state index contributed by atoms with van der Waals surface area (Å²) in [5.74, 6) is 1.83. The molecule has 4 heteroatoms. The minimum atomic E-state index is 0.474. The number of nitrogens with one attached hydrogen (secondary N) is 1. The van der Waals surface area contributed by atoms with Gasteiger partial charge in [0, 0.05) is 32.4 Å². The minimum Gasteiger partial charge on any atom is -0.358 e. The van der Waals surface area contributed by atoms with Crippen LogP contribution in [0.5, 0.6) is 0 Å². The van der Waals surface area contributed by atoms with Crippen LogP contribution in [0, 0.1) is 5.92 Å². The molecule has 1 saturated carbocycles. The SMILES string of the molecule is CC(C)NCc1cncc(N(C)CC2CCCC2)n1. The van der Waals surface area contributed by atoms with Gasteiger partial charge in [-0.3, -0.25) is 4.98 Å². The Morgan fingerprint density at radius 2 is 2.05 bits per heavy atom. The molecule has 0 bridgehead atoms. The maximum absolute atomic E-state index is 4.69. The molecule has 1 aliphatic rings. The maximum Gasteiger partial charge on any atom is 0.147 e. The summed E-state index contributed by atoms with van der Waals surface area (Å²) >= 11 is 0. The molecule has 0 radical (unpaired) electrons. The average molecular weight is 262 g/mol. The second-order valence-electron chi connectivity index (χ2n) is 5.94. The normalized spacial score (nSPS) is 16.2. The van der Waals surface area contributed by atoms with E-state index in [1.165, 1.54) is 25.7 Å². The second-order valence-corrected chi connectivity index (χ2v) is 5.94. The molecular formula is C15H26N4. The van der Waals surface area contributed by atoms with Crippen LogP contribution < -0.4 is 10.2 Å². The van der Waals surface area contributed by atoms with Crippen molar-refractivity contribution in [3.05, 3.63) is 18.1 Å². The van der Waals surface area contributed by atoms with E-state index in [9.17, 15) is 0 Å². The van der Waals surface area contributed by atoms with Crippen molar-refractivity contribution in [2.45, 2.75) is 52.1 Å². The van der Waals surface area contributed by atoms with Gasteiger partial charge in [0.05, 0.1) is 11.9 Å². The van der Waals surface area contributed by atoms with E-state index >= 15 is 0 Å². The van der Waals surface area contributed by atoms with Crippen LogP contribution in [0.1, 0.15) is 45.2 Å². The summed E-state index contributed by atoms with van der Waals surface area (Å²) in [6.07, 6.45) is 9.24. The van der Waals surface area contributed by atoms with Crippen molar-refractivity contribution in [2.75, 3.05) is 18.5 Å². The van der Waals surface area contributed by atoms with E-state index in [-0.39, 0.29) is 0 Å². The molecule has 1 fully saturated rings. The Kier molecular flexibility index (Phi) is 5.14. The van der Waals surface area contributed by atoms with Gasteiger partial charge in [-0.25, -0.2) is 4.98 Å². The Morgan fingerprint density at radius 1 is 1.32 bits per heavy atom. The van der Waals surface area contributed by atoms with E-state index in [1.807, 2.05) is 12.4 Å². The van der Waals surface area contributed by atoms with Gasteiger partial charge in [0.2, 0.25) is 0 Å². The van der Waals surface area contributed by atoms with E-state index in [0.29, 0.717) is 6.04 Å². The molecule has 106 valence electrons. The summed E-state index contributed by atoms with van der Waals surface area (Å²) in [6, 6.07) is 0.474. The number of nitrogens with zero attached hydrogens (tertiary/aromatic N) is 3. The number of hydrogen-bond donors (Lipinski definition) is 1. The molecule has 2 rings (SSSR count). The Morgan fingerprint density at radius 3 is 2.74 bits per heavy atom. The molecule has 0 unspecified atom stereocenters. The molecule has 19 heavy (non-hydrogen) atoms. The summed E-state index contributed by atoms with van der Waals surface area (Å²) in [4.78, 5) is 11.3. The van der Waals surface area contributed by atoms with Gasteiger partial charge >= 0.3 is 0 Å². The zero-order chi connectivity index (χ0) is 13.7. The van der Waals surface area contributed by atoms with Gasteiger partial charge in [-0.1, -0.05) is 26.7 Å². The highest BCUT2D eigenvalue weighted by atomic mass is 15.2. The molecule has 1 aromatic rings. The molecule has 0 spiro atoms. The highest BCUT2D eigenvalue weighted by Gasteiger charge is 2.17. The molecule has 4 nitrogen and oxygen atoms in total. The van der Waals surface area contributed by atoms with Crippen LogP contribution in [-0.4, -0.2) is 29.6 Å². The van der Waals surface area contributed by atoms with Crippen LogP contribution in [-0.2, 0) is 6.54 Å². The first-order chi connectivity index (χ1) is 9.15.